The van der Waals surface area contributed by atoms with E-state index in [-0.39, 0.29) is 11.4 Å². The Kier molecular flexibility index (Phi) is 12.7. The summed E-state index contributed by atoms with van der Waals surface area (Å²) in [6.07, 6.45) is 2.41. The standard InChI is InChI=1S/C41H61NO4SSi2/c1-10-48(11-2,12-3)46-40(32-15-18-34(19-16-32)44-26-25-42-23-13-14-24-42)41-38-27-33(43)17-21-36(38)37-22-20-35(28-39(37)47-41)45-49(29(4)5,30(6)7)31(8)9/h15-22,27-31,40-41,43H,10-14,23-26H2,1-9H3/t40-,41+/m0/s1. The summed E-state index contributed by atoms with van der Waals surface area (Å²) in [7, 11) is -4.17. The normalized spacial score (nSPS) is 17.4. The van der Waals surface area contributed by atoms with E-state index in [1.165, 1.54) is 36.4 Å². The third kappa shape index (κ3) is 8.14. The molecule has 3 aromatic carbocycles. The van der Waals surface area contributed by atoms with Crippen molar-refractivity contribution >= 4 is 28.4 Å². The Bertz CT molecular complexity index is 1490. The third-order valence-electron chi connectivity index (χ3n) is 11.5. The number of thioether (sulfide) groups is 1. The Balaban J connectivity index is 1.53. The van der Waals surface area contributed by atoms with Crippen LogP contribution in [0.25, 0.3) is 11.1 Å². The lowest BCUT2D eigenvalue weighted by atomic mass is 9.92. The Hall–Kier alpha value is -2.24. The fraction of sp³-hybridized carbons (Fsp3) is 0.561. The van der Waals surface area contributed by atoms with Crippen LogP contribution in [-0.2, 0) is 4.43 Å². The van der Waals surface area contributed by atoms with Crippen molar-refractivity contribution in [2.75, 3.05) is 26.2 Å². The maximum atomic E-state index is 10.8. The van der Waals surface area contributed by atoms with Gasteiger partial charge in [-0.05, 0) is 125 Å². The van der Waals surface area contributed by atoms with E-state index in [2.05, 4.69) is 116 Å². The van der Waals surface area contributed by atoms with Crippen molar-refractivity contribution in [2.24, 2.45) is 0 Å². The number of likely N-dealkylation sites (tertiary alicyclic amines) is 1. The van der Waals surface area contributed by atoms with E-state index in [1.807, 2.05) is 23.9 Å². The maximum Gasteiger partial charge on any atom is 0.258 e. The molecule has 2 aliphatic heterocycles. The fourth-order valence-electron chi connectivity index (χ4n) is 8.53. The summed E-state index contributed by atoms with van der Waals surface area (Å²) in [6, 6.07) is 24.4. The van der Waals surface area contributed by atoms with Gasteiger partial charge in [0, 0.05) is 11.4 Å². The van der Waals surface area contributed by atoms with Crippen LogP contribution in [0.1, 0.15) is 97.6 Å². The van der Waals surface area contributed by atoms with Crippen LogP contribution in [-0.4, -0.2) is 52.9 Å². The molecule has 0 aromatic heterocycles. The van der Waals surface area contributed by atoms with Crippen molar-refractivity contribution in [3.8, 4) is 28.4 Å². The molecule has 0 saturated carbocycles. The van der Waals surface area contributed by atoms with Crippen LogP contribution in [0.3, 0.4) is 0 Å². The van der Waals surface area contributed by atoms with Gasteiger partial charge in [0.2, 0.25) is 0 Å². The van der Waals surface area contributed by atoms with E-state index in [9.17, 15) is 5.11 Å². The molecule has 1 fully saturated rings. The lowest BCUT2D eigenvalue weighted by Crippen LogP contribution is -2.50. The van der Waals surface area contributed by atoms with Crippen molar-refractivity contribution in [3.63, 3.8) is 0 Å². The molecule has 49 heavy (non-hydrogen) atoms. The molecule has 1 N–H and O–H groups in total. The van der Waals surface area contributed by atoms with Crippen LogP contribution >= 0.6 is 11.8 Å². The Morgan fingerprint density at radius 3 is 1.96 bits per heavy atom. The van der Waals surface area contributed by atoms with Crippen LogP contribution in [0.5, 0.6) is 17.2 Å². The largest absolute Gasteiger partial charge is 0.543 e. The van der Waals surface area contributed by atoms with Gasteiger partial charge in [-0.1, -0.05) is 80.5 Å². The third-order valence-corrected chi connectivity index (χ3v) is 23.5. The van der Waals surface area contributed by atoms with Crippen molar-refractivity contribution in [3.05, 3.63) is 71.8 Å². The fourth-order valence-corrected chi connectivity index (χ4v) is 18.1. The summed E-state index contributed by atoms with van der Waals surface area (Å²) in [5.74, 6) is 2.17. The van der Waals surface area contributed by atoms with Crippen molar-refractivity contribution in [2.45, 2.75) is 126 Å². The topological polar surface area (TPSA) is 51.2 Å². The van der Waals surface area contributed by atoms with Gasteiger partial charge in [-0.3, -0.25) is 4.90 Å². The number of phenolic OH excluding ortho intramolecular Hbond substituents is 1. The number of benzene rings is 3. The molecule has 5 rings (SSSR count). The maximum absolute atomic E-state index is 10.8. The summed E-state index contributed by atoms with van der Waals surface area (Å²) in [6.45, 7) is 25.0. The molecule has 2 atom stereocenters. The zero-order valence-corrected chi connectivity index (χ0v) is 34.4. The minimum absolute atomic E-state index is 0.0365. The lowest BCUT2D eigenvalue weighted by Gasteiger charge is -2.42. The highest BCUT2D eigenvalue weighted by Gasteiger charge is 2.47. The predicted molar refractivity (Wildman–Crippen MR) is 212 cm³/mol. The molecule has 0 unspecified atom stereocenters. The van der Waals surface area contributed by atoms with Crippen LogP contribution < -0.4 is 9.16 Å². The van der Waals surface area contributed by atoms with Gasteiger partial charge >= 0.3 is 0 Å². The summed E-state index contributed by atoms with van der Waals surface area (Å²) >= 11 is 1.87. The summed E-state index contributed by atoms with van der Waals surface area (Å²) < 4.78 is 20.9. The van der Waals surface area contributed by atoms with Gasteiger partial charge in [0.25, 0.3) is 8.32 Å². The molecule has 8 heteroatoms. The van der Waals surface area contributed by atoms with Crippen LogP contribution in [0.2, 0.25) is 34.8 Å². The highest BCUT2D eigenvalue weighted by atomic mass is 32.2. The predicted octanol–water partition coefficient (Wildman–Crippen LogP) is 12.0. The Morgan fingerprint density at radius 2 is 1.37 bits per heavy atom. The minimum Gasteiger partial charge on any atom is -0.543 e. The van der Waals surface area contributed by atoms with Crippen molar-refractivity contribution in [1.29, 1.82) is 0 Å². The first kappa shape index (κ1) is 38.0. The number of fused-ring (bicyclic) bond motifs is 3. The second kappa shape index (κ2) is 16.4. The number of nitrogens with zero attached hydrogens (tertiary/aromatic N) is 1. The molecule has 0 aliphatic carbocycles. The molecule has 0 amide bonds. The molecule has 0 bridgehead atoms. The van der Waals surface area contributed by atoms with Gasteiger partial charge in [0.1, 0.15) is 23.9 Å². The van der Waals surface area contributed by atoms with Gasteiger partial charge in [-0.15, -0.1) is 11.8 Å². The van der Waals surface area contributed by atoms with Gasteiger partial charge in [-0.25, -0.2) is 0 Å². The van der Waals surface area contributed by atoms with Crippen molar-refractivity contribution < 1.29 is 18.7 Å². The summed E-state index contributed by atoms with van der Waals surface area (Å²) in [4.78, 5) is 3.70. The Morgan fingerprint density at radius 1 is 0.776 bits per heavy atom. The minimum atomic E-state index is -2.13. The number of ether oxygens (including phenoxy) is 1. The number of hydrogen-bond donors (Lipinski definition) is 1. The van der Waals surface area contributed by atoms with E-state index in [4.69, 9.17) is 13.6 Å². The van der Waals surface area contributed by atoms with Crippen LogP contribution in [0, 0.1) is 0 Å². The number of rotatable bonds is 16. The monoisotopic (exact) mass is 719 g/mol. The number of hydrogen-bond acceptors (Lipinski definition) is 6. The molecule has 0 spiro atoms. The second-order valence-corrected chi connectivity index (χ2v) is 26.4. The van der Waals surface area contributed by atoms with Crippen LogP contribution in [0.15, 0.2) is 65.6 Å². The van der Waals surface area contributed by atoms with Gasteiger partial charge in [0.15, 0.2) is 8.32 Å². The molecular weight excluding hydrogens is 659 g/mol. The highest BCUT2D eigenvalue weighted by molar-refractivity contribution is 7.99. The zero-order chi connectivity index (χ0) is 35.3. The van der Waals surface area contributed by atoms with E-state index in [0.717, 1.165) is 52.9 Å². The first-order chi connectivity index (χ1) is 23.5. The highest BCUT2D eigenvalue weighted by Crippen LogP contribution is 2.57. The van der Waals surface area contributed by atoms with E-state index in [0.29, 0.717) is 29.0 Å². The van der Waals surface area contributed by atoms with E-state index < -0.39 is 16.6 Å². The van der Waals surface area contributed by atoms with E-state index in [1.54, 1.807) is 0 Å². The van der Waals surface area contributed by atoms with Gasteiger partial charge in [-0.2, -0.15) is 0 Å². The molecular formula is C41H61NO4SSi2. The SMILES string of the molecule is CC[Si](CC)(CC)O[C@@H](c1ccc(OCCN2CCCC2)cc1)[C@@H]1Sc2cc(O[Si](C(C)C)(C(C)C)C(C)C)ccc2-c2ccc(O)cc21. The molecule has 2 heterocycles. The summed E-state index contributed by atoms with van der Waals surface area (Å²) in [5.41, 5.74) is 6.12. The number of phenols is 1. The molecule has 5 nitrogen and oxygen atoms in total. The molecule has 2 aliphatic rings. The zero-order valence-electron chi connectivity index (χ0n) is 31.6. The smallest absolute Gasteiger partial charge is 0.258 e. The molecule has 1 saturated heterocycles. The quantitative estimate of drug-likeness (QED) is 0.149. The lowest BCUT2D eigenvalue weighted by molar-refractivity contribution is 0.186. The first-order valence-electron chi connectivity index (χ1n) is 18.9. The molecule has 3 aromatic rings. The first-order valence-corrected chi connectivity index (χ1v) is 24.5. The average Bonchev–Trinajstić information content (AvgIpc) is 3.61. The molecule has 0 radical (unpaired) electrons. The number of aromatic hydroxyl groups is 1. The van der Waals surface area contributed by atoms with Gasteiger partial charge < -0.3 is 18.7 Å². The van der Waals surface area contributed by atoms with Gasteiger partial charge in [0.05, 0.1) is 11.4 Å². The molecule has 268 valence electrons. The van der Waals surface area contributed by atoms with Crippen molar-refractivity contribution in [1.82, 2.24) is 4.90 Å². The summed E-state index contributed by atoms with van der Waals surface area (Å²) in [5, 5.41) is 10.8. The average molecular weight is 720 g/mol. The van der Waals surface area contributed by atoms with Crippen LogP contribution in [0.4, 0.5) is 0 Å². The Labute approximate surface area is 303 Å². The second-order valence-electron chi connectivity index (χ2n) is 15.1. The van der Waals surface area contributed by atoms with E-state index >= 15 is 0 Å².